The first kappa shape index (κ1) is 24.2. The van der Waals surface area contributed by atoms with Gasteiger partial charge in [0, 0.05) is 0 Å². The minimum atomic E-state index is -0.338. The number of rotatable bonds is 16. The van der Waals surface area contributed by atoms with Crippen molar-refractivity contribution < 1.29 is 19.1 Å². The summed E-state index contributed by atoms with van der Waals surface area (Å²) in [6.07, 6.45) is 14.0. The predicted octanol–water partition coefficient (Wildman–Crippen LogP) is 6.72. The first-order valence-electron chi connectivity index (χ1n) is 11.1. The summed E-state index contributed by atoms with van der Waals surface area (Å²) in [6, 6.07) is 6.51. The fraction of sp³-hybridized carbons (Fsp3) is 0.667. The fourth-order valence-electron chi connectivity index (χ4n) is 3.00. The lowest BCUT2D eigenvalue weighted by Crippen LogP contribution is -2.09. The Bertz CT molecular complexity index is 536. The molecular formula is C24H38O4. The van der Waals surface area contributed by atoms with Crippen molar-refractivity contribution in [3.63, 3.8) is 0 Å². The lowest BCUT2D eigenvalue weighted by atomic mass is 10.1. The Kier molecular flexibility index (Phi) is 14.0. The van der Waals surface area contributed by atoms with Crippen molar-refractivity contribution in [1.29, 1.82) is 0 Å². The van der Waals surface area contributed by atoms with E-state index in [0.717, 1.165) is 38.5 Å². The Hall–Kier alpha value is -1.84. The Morgan fingerprint density at radius 1 is 0.571 bits per heavy atom. The molecule has 0 saturated carbocycles. The van der Waals surface area contributed by atoms with Gasteiger partial charge in [0.1, 0.15) is 0 Å². The number of hydrogen-bond acceptors (Lipinski definition) is 4. The van der Waals surface area contributed by atoms with Gasteiger partial charge in [-0.3, -0.25) is 0 Å². The van der Waals surface area contributed by atoms with Crippen LogP contribution in [0.4, 0.5) is 0 Å². The van der Waals surface area contributed by atoms with Gasteiger partial charge in [0.2, 0.25) is 0 Å². The summed E-state index contributed by atoms with van der Waals surface area (Å²) in [4.78, 5) is 24.0. The van der Waals surface area contributed by atoms with E-state index in [2.05, 4.69) is 13.8 Å². The van der Waals surface area contributed by atoms with Gasteiger partial charge in [-0.15, -0.1) is 0 Å². The lowest BCUT2D eigenvalue weighted by molar-refractivity contribution is 0.0483. The SMILES string of the molecule is CCCCCCCCCCOC(=O)c1ccc(C(=O)OCCCCCC)cc1. The van der Waals surface area contributed by atoms with Crippen molar-refractivity contribution in [3.8, 4) is 0 Å². The molecule has 158 valence electrons. The number of hydrogen-bond donors (Lipinski definition) is 0. The fourth-order valence-corrected chi connectivity index (χ4v) is 3.00. The molecule has 0 atom stereocenters. The van der Waals surface area contributed by atoms with E-state index in [-0.39, 0.29) is 11.9 Å². The molecule has 1 rings (SSSR count). The quantitative estimate of drug-likeness (QED) is 0.232. The molecule has 28 heavy (non-hydrogen) atoms. The third kappa shape index (κ3) is 11.1. The summed E-state index contributed by atoms with van der Waals surface area (Å²) in [5.41, 5.74) is 0.939. The van der Waals surface area contributed by atoms with E-state index in [1.165, 1.54) is 38.5 Å². The summed E-state index contributed by atoms with van der Waals surface area (Å²) < 4.78 is 10.6. The number of ether oxygens (including phenoxy) is 2. The smallest absolute Gasteiger partial charge is 0.338 e. The van der Waals surface area contributed by atoms with E-state index < -0.39 is 0 Å². The molecule has 0 N–H and O–H groups in total. The molecule has 0 unspecified atom stereocenters. The highest BCUT2D eigenvalue weighted by atomic mass is 16.5. The molecule has 0 aromatic heterocycles. The standard InChI is InChI=1S/C24H38O4/c1-3-5-7-9-10-11-12-14-20-28-24(26)22-17-15-21(16-18-22)23(25)27-19-13-8-6-4-2/h15-18H,3-14,19-20H2,1-2H3. The molecule has 0 aliphatic heterocycles. The zero-order valence-corrected chi connectivity index (χ0v) is 17.8. The van der Waals surface area contributed by atoms with E-state index in [0.29, 0.717) is 24.3 Å². The second-order valence-electron chi connectivity index (χ2n) is 7.38. The Balaban J connectivity index is 2.18. The Labute approximate surface area is 171 Å². The van der Waals surface area contributed by atoms with Crippen LogP contribution in [-0.4, -0.2) is 25.2 Å². The van der Waals surface area contributed by atoms with Crippen molar-refractivity contribution in [2.45, 2.75) is 90.9 Å². The third-order valence-corrected chi connectivity index (χ3v) is 4.82. The van der Waals surface area contributed by atoms with E-state index in [1.807, 2.05) is 0 Å². The summed E-state index contributed by atoms with van der Waals surface area (Å²) >= 11 is 0. The molecule has 0 heterocycles. The van der Waals surface area contributed by atoms with Crippen LogP contribution in [0, 0.1) is 0 Å². The number of carbonyl (C=O) groups excluding carboxylic acids is 2. The number of carbonyl (C=O) groups is 2. The van der Waals surface area contributed by atoms with Crippen molar-refractivity contribution in [3.05, 3.63) is 35.4 Å². The van der Waals surface area contributed by atoms with E-state index in [4.69, 9.17) is 9.47 Å². The Morgan fingerprint density at radius 3 is 1.29 bits per heavy atom. The van der Waals surface area contributed by atoms with Crippen LogP contribution in [0.1, 0.15) is 112 Å². The van der Waals surface area contributed by atoms with Gasteiger partial charge in [-0.25, -0.2) is 9.59 Å². The van der Waals surface area contributed by atoms with Gasteiger partial charge in [-0.05, 0) is 37.1 Å². The molecule has 0 amide bonds. The first-order valence-corrected chi connectivity index (χ1v) is 11.1. The molecule has 1 aromatic rings. The molecule has 0 saturated heterocycles. The zero-order chi connectivity index (χ0) is 20.5. The van der Waals surface area contributed by atoms with E-state index in [9.17, 15) is 9.59 Å². The van der Waals surface area contributed by atoms with Crippen LogP contribution in [0.15, 0.2) is 24.3 Å². The van der Waals surface area contributed by atoms with Crippen LogP contribution >= 0.6 is 0 Å². The molecular weight excluding hydrogens is 352 g/mol. The number of benzene rings is 1. The van der Waals surface area contributed by atoms with Gasteiger partial charge >= 0.3 is 11.9 Å². The zero-order valence-electron chi connectivity index (χ0n) is 17.8. The predicted molar refractivity (Wildman–Crippen MR) is 114 cm³/mol. The van der Waals surface area contributed by atoms with Gasteiger partial charge in [0.25, 0.3) is 0 Å². The van der Waals surface area contributed by atoms with E-state index >= 15 is 0 Å². The third-order valence-electron chi connectivity index (χ3n) is 4.82. The molecule has 0 radical (unpaired) electrons. The first-order chi connectivity index (χ1) is 13.7. The minimum absolute atomic E-state index is 0.331. The van der Waals surface area contributed by atoms with Crippen LogP contribution in [0.25, 0.3) is 0 Å². The Morgan fingerprint density at radius 2 is 0.893 bits per heavy atom. The van der Waals surface area contributed by atoms with Crippen LogP contribution in [-0.2, 0) is 9.47 Å². The normalized spacial score (nSPS) is 10.6. The van der Waals surface area contributed by atoms with Crippen LogP contribution in [0.5, 0.6) is 0 Å². The molecule has 1 aromatic carbocycles. The maximum atomic E-state index is 12.1. The lowest BCUT2D eigenvalue weighted by Gasteiger charge is -2.07. The van der Waals surface area contributed by atoms with Gasteiger partial charge in [0.05, 0.1) is 24.3 Å². The van der Waals surface area contributed by atoms with Crippen molar-refractivity contribution in [2.24, 2.45) is 0 Å². The highest BCUT2D eigenvalue weighted by Gasteiger charge is 2.10. The molecule has 4 nitrogen and oxygen atoms in total. The van der Waals surface area contributed by atoms with Crippen molar-refractivity contribution in [1.82, 2.24) is 0 Å². The van der Waals surface area contributed by atoms with Crippen LogP contribution in [0.2, 0.25) is 0 Å². The van der Waals surface area contributed by atoms with Crippen LogP contribution < -0.4 is 0 Å². The maximum Gasteiger partial charge on any atom is 0.338 e. The summed E-state index contributed by atoms with van der Waals surface area (Å²) in [5.74, 6) is -0.669. The molecule has 0 spiro atoms. The summed E-state index contributed by atoms with van der Waals surface area (Å²) in [6.45, 7) is 5.27. The molecule has 0 aliphatic carbocycles. The molecule has 0 fully saturated rings. The highest BCUT2D eigenvalue weighted by molar-refractivity contribution is 5.93. The minimum Gasteiger partial charge on any atom is -0.462 e. The van der Waals surface area contributed by atoms with Gasteiger partial charge in [-0.2, -0.15) is 0 Å². The van der Waals surface area contributed by atoms with Crippen LogP contribution in [0.3, 0.4) is 0 Å². The van der Waals surface area contributed by atoms with Crippen molar-refractivity contribution >= 4 is 11.9 Å². The largest absolute Gasteiger partial charge is 0.462 e. The van der Waals surface area contributed by atoms with Crippen molar-refractivity contribution in [2.75, 3.05) is 13.2 Å². The second-order valence-corrected chi connectivity index (χ2v) is 7.38. The van der Waals surface area contributed by atoms with Gasteiger partial charge < -0.3 is 9.47 Å². The highest BCUT2D eigenvalue weighted by Crippen LogP contribution is 2.11. The molecule has 0 aliphatic rings. The molecule has 4 heteroatoms. The second kappa shape index (κ2) is 16.1. The molecule has 0 bridgehead atoms. The van der Waals surface area contributed by atoms with Gasteiger partial charge in [0.15, 0.2) is 0 Å². The number of unbranched alkanes of at least 4 members (excludes halogenated alkanes) is 10. The summed E-state index contributed by atoms with van der Waals surface area (Å²) in [5, 5.41) is 0. The summed E-state index contributed by atoms with van der Waals surface area (Å²) in [7, 11) is 0. The number of esters is 2. The monoisotopic (exact) mass is 390 g/mol. The maximum absolute atomic E-state index is 12.1. The average molecular weight is 391 g/mol. The van der Waals surface area contributed by atoms with E-state index in [1.54, 1.807) is 24.3 Å². The van der Waals surface area contributed by atoms with Gasteiger partial charge in [-0.1, -0.05) is 78.1 Å². The average Bonchev–Trinajstić information content (AvgIpc) is 2.72. The topological polar surface area (TPSA) is 52.6 Å².